The number of aryl methyl sites for hydroxylation is 1. The summed E-state index contributed by atoms with van der Waals surface area (Å²) in [4.78, 5) is 11.4. The molecule has 10 heteroatoms. The van der Waals surface area contributed by atoms with Crippen LogP contribution in [0.3, 0.4) is 0 Å². The molecule has 0 bridgehead atoms. The largest absolute Gasteiger partial charge is 0.417 e. The Hall–Kier alpha value is -2.10. The maximum atomic E-state index is 14.4. The number of aromatic nitrogens is 2. The molecule has 2 rings (SSSR count). The molecule has 0 radical (unpaired) electrons. The quantitative estimate of drug-likeness (QED) is 0.670. The second-order valence-corrected chi connectivity index (χ2v) is 5.59. The van der Waals surface area contributed by atoms with E-state index in [4.69, 9.17) is 4.42 Å². The molecule has 0 atom stereocenters. The van der Waals surface area contributed by atoms with E-state index in [1.165, 1.54) is 6.92 Å². The Morgan fingerprint density at radius 1 is 1.35 bits per heavy atom. The number of benzene rings is 1. The van der Waals surface area contributed by atoms with Gasteiger partial charge in [0, 0.05) is 6.92 Å². The highest BCUT2D eigenvalue weighted by Gasteiger charge is 2.36. The number of rotatable bonds is 4. The van der Waals surface area contributed by atoms with Gasteiger partial charge in [0.2, 0.25) is 5.89 Å². The Balaban J connectivity index is 2.39. The van der Waals surface area contributed by atoms with Gasteiger partial charge in [0.1, 0.15) is 5.82 Å². The van der Waals surface area contributed by atoms with E-state index in [9.17, 15) is 22.4 Å². The molecule has 1 amide bonds. The highest BCUT2D eigenvalue weighted by Crippen LogP contribution is 2.39. The molecular weight excluding hydrogens is 338 g/mol. The average Bonchev–Trinajstić information content (AvgIpc) is 2.85. The number of anilines is 1. The molecular formula is C13H11F4N3O2S. The van der Waals surface area contributed by atoms with Gasteiger partial charge >= 0.3 is 12.2 Å². The first-order valence-electron chi connectivity index (χ1n) is 6.38. The van der Waals surface area contributed by atoms with Gasteiger partial charge in [-0.2, -0.15) is 13.2 Å². The number of nitrogens with zero attached hydrogens (tertiary/aromatic N) is 2. The summed E-state index contributed by atoms with van der Waals surface area (Å²) in [5, 5.41) is 9.11. The van der Waals surface area contributed by atoms with Crippen molar-refractivity contribution in [1.29, 1.82) is 0 Å². The summed E-state index contributed by atoms with van der Waals surface area (Å²) >= 11 is 0.671. The van der Waals surface area contributed by atoms with Gasteiger partial charge in [0.25, 0.3) is 5.91 Å². The minimum absolute atomic E-state index is 0.176. The Labute approximate surface area is 132 Å². The Morgan fingerprint density at radius 3 is 2.57 bits per heavy atom. The highest BCUT2D eigenvalue weighted by molar-refractivity contribution is 7.99. The molecule has 0 unspecified atom stereocenters. The van der Waals surface area contributed by atoms with Crippen molar-refractivity contribution in [2.24, 2.45) is 0 Å². The monoisotopic (exact) mass is 349 g/mol. The number of nitrogens with one attached hydrogen (secondary N) is 1. The molecule has 5 nitrogen and oxygen atoms in total. The van der Waals surface area contributed by atoms with Crippen LogP contribution in [0.4, 0.5) is 23.6 Å². The SMILES string of the molecule is CCSc1c(C(F)(F)F)ccc(C(=O)Nc2nnc(C)o2)c1F. The van der Waals surface area contributed by atoms with E-state index in [1.54, 1.807) is 6.92 Å². The zero-order chi connectivity index (χ0) is 17.2. The summed E-state index contributed by atoms with van der Waals surface area (Å²) in [5.41, 5.74) is -1.66. The normalized spacial score (nSPS) is 11.6. The number of carbonyl (C=O) groups excluding carboxylic acids is 1. The van der Waals surface area contributed by atoms with Crippen LogP contribution >= 0.6 is 11.8 Å². The summed E-state index contributed by atoms with van der Waals surface area (Å²) < 4.78 is 58.0. The van der Waals surface area contributed by atoms with Gasteiger partial charge in [-0.3, -0.25) is 10.1 Å². The molecule has 0 aliphatic rings. The van der Waals surface area contributed by atoms with Gasteiger partial charge in [-0.1, -0.05) is 12.0 Å². The number of carbonyl (C=O) groups is 1. The molecule has 1 aromatic heterocycles. The van der Waals surface area contributed by atoms with Crippen molar-refractivity contribution in [3.8, 4) is 0 Å². The van der Waals surface area contributed by atoms with Crippen LogP contribution in [0.25, 0.3) is 0 Å². The lowest BCUT2D eigenvalue weighted by molar-refractivity contribution is -0.140. The fraction of sp³-hybridized carbons (Fsp3) is 0.308. The first-order valence-corrected chi connectivity index (χ1v) is 7.36. The van der Waals surface area contributed by atoms with Crippen molar-refractivity contribution in [2.45, 2.75) is 24.9 Å². The minimum atomic E-state index is -4.71. The van der Waals surface area contributed by atoms with Gasteiger partial charge in [-0.15, -0.1) is 16.9 Å². The van der Waals surface area contributed by atoms with Crippen LogP contribution in [0.1, 0.15) is 28.7 Å². The predicted molar refractivity (Wildman–Crippen MR) is 74.8 cm³/mol. The fourth-order valence-corrected chi connectivity index (χ4v) is 2.62. The van der Waals surface area contributed by atoms with E-state index < -0.39 is 33.9 Å². The smallest absolute Gasteiger partial charge is 0.408 e. The first-order chi connectivity index (χ1) is 10.7. The molecule has 0 aliphatic carbocycles. The lowest BCUT2D eigenvalue weighted by Gasteiger charge is -2.14. The Morgan fingerprint density at radius 2 is 2.04 bits per heavy atom. The van der Waals surface area contributed by atoms with Crippen LogP contribution in [0, 0.1) is 12.7 Å². The van der Waals surface area contributed by atoms with E-state index in [-0.39, 0.29) is 17.7 Å². The molecule has 23 heavy (non-hydrogen) atoms. The number of hydrogen-bond donors (Lipinski definition) is 1. The number of halogens is 4. The maximum Gasteiger partial charge on any atom is 0.417 e. The van der Waals surface area contributed by atoms with E-state index in [0.717, 1.165) is 6.07 Å². The van der Waals surface area contributed by atoms with E-state index in [2.05, 4.69) is 15.5 Å². The molecule has 2 aromatic rings. The molecule has 1 N–H and O–H groups in total. The van der Waals surface area contributed by atoms with Gasteiger partial charge in [-0.05, 0) is 17.9 Å². The van der Waals surface area contributed by atoms with Crippen molar-refractivity contribution < 1.29 is 26.8 Å². The molecule has 0 saturated heterocycles. The maximum absolute atomic E-state index is 14.4. The first kappa shape index (κ1) is 17.3. The van der Waals surface area contributed by atoms with Gasteiger partial charge < -0.3 is 4.42 Å². The van der Waals surface area contributed by atoms with Crippen molar-refractivity contribution in [2.75, 3.05) is 11.1 Å². The summed E-state index contributed by atoms with van der Waals surface area (Å²) in [7, 11) is 0. The number of amides is 1. The second kappa shape index (κ2) is 6.57. The standard InChI is InChI=1S/C13H11F4N3O2S/c1-3-23-10-8(13(15,16)17)5-4-7(9(10)14)11(21)18-12-20-19-6(2)22-12/h4-5H,3H2,1-2H3,(H,18,20,21). The van der Waals surface area contributed by atoms with Crippen molar-refractivity contribution >= 4 is 23.7 Å². The molecule has 0 spiro atoms. The Bertz CT molecular complexity index is 730. The second-order valence-electron chi connectivity index (χ2n) is 4.31. The molecule has 0 aliphatic heterocycles. The third-order valence-corrected chi connectivity index (χ3v) is 3.66. The molecule has 0 saturated carbocycles. The van der Waals surface area contributed by atoms with Crippen LogP contribution in [-0.4, -0.2) is 21.9 Å². The van der Waals surface area contributed by atoms with Crippen LogP contribution in [0.15, 0.2) is 21.4 Å². The predicted octanol–water partition coefficient (Wildman–Crippen LogP) is 3.90. The fourth-order valence-electron chi connectivity index (χ4n) is 1.75. The molecule has 1 heterocycles. The summed E-state index contributed by atoms with van der Waals surface area (Å²) in [5.74, 6) is -1.82. The van der Waals surface area contributed by atoms with Crippen LogP contribution in [0.5, 0.6) is 0 Å². The van der Waals surface area contributed by atoms with Crippen LogP contribution < -0.4 is 5.32 Å². The zero-order valence-electron chi connectivity index (χ0n) is 12.0. The van der Waals surface area contributed by atoms with Crippen LogP contribution in [0.2, 0.25) is 0 Å². The molecule has 1 aromatic carbocycles. The van der Waals surface area contributed by atoms with Crippen molar-refractivity contribution in [3.63, 3.8) is 0 Å². The highest BCUT2D eigenvalue weighted by atomic mass is 32.2. The van der Waals surface area contributed by atoms with Gasteiger partial charge in [-0.25, -0.2) is 4.39 Å². The third kappa shape index (κ3) is 3.81. The Kier molecular flexibility index (Phi) is 4.93. The van der Waals surface area contributed by atoms with E-state index in [0.29, 0.717) is 17.8 Å². The number of alkyl halides is 3. The lowest BCUT2D eigenvalue weighted by Crippen LogP contribution is -2.17. The van der Waals surface area contributed by atoms with Gasteiger partial charge in [0.05, 0.1) is 16.0 Å². The van der Waals surface area contributed by atoms with E-state index >= 15 is 0 Å². The summed E-state index contributed by atoms with van der Waals surface area (Å²) in [6.45, 7) is 3.07. The zero-order valence-corrected chi connectivity index (χ0v) is 12.8. The summed E-state index contributed by atoms with van der Waals surface area (Å²) in [6, 6.07) is 1.18. The number of hydrogen-bond acceptors (Lipinski definition) is 5. The number of thioether (sulfide) groups is 1. The summed E-state index contributed by atoms with van der Waals surface area (Å²) in [6.07, 6.45) is -4.71. The third-order valence-electron chi connectivity index (χ3n) is 2.68. The van der Waals surface area contributed by atoms with E-state index in [1.807, 2.05) is 0 Å². The topological polar surface area (TPSA) is 68.0 Å². The minimum Gasteiger partial charge on any atom is -0.408 e. The molecule has 0 fully saturated rings. The van der Waals surface area contributed by atoms with Crippen molar-refractivity contribution in [1.82, 2.24) is 10.2 Å². The van der Waals surface area contributed by atoms with Gasteiger partial charge in [0.15, 0.2) is 0 Å². The molecule has 124 valence electrons. The van der Waals surface area contributed by atoms with Crippen LogP contribution in [-0.2, 0) is 6.18 Å². The van der Waals surface area contributed by atoms with Crippen molar-refractivity contribution in [3.05, 3.63) is 35.0 Å². The average molecular weight is 349 g/mol. The lowest BCUT2D eigenvalue weighted by atomic mass is 10.1.